The summed E-state index contributed by atoms with van der Waals surface area (Å²) in [6.07, 6.45) is 3.05. The Morgan fingerprint density at radius 1 is 1.32 bits per heavy atom. The van der Waals surface area contributed by atoms with Crippen LogP contribution in [-0.4, -0.2) is 28.5 Å². The van der Waals surface area contributed by atoms with Crippen molar-refractivity contribution in [1.29, 1.82) is 0 Å². The molecule has 22 heavy (non-hydrogen) atoms. The minimum absolute atomic E-state index is 0.149. The molecule has 0 bridgehead atoms. The lowest BCUT2D eigenvalue weighted by Crippen LogP contribution is -2.08. The number of aromatic nitrogens is 2. The van der Waals surface area contributed by atoms with Crippen molar-refractivity contribution in [3.63, 3.8) is 0 Å². The molecule has 0 unspecified atom stereocenters. The van der Waals surface area contributed by atoms with E-state index in [1.165, 1.54) is 0 Å². The summed E-state index contributed by atoms with van der Waals surface area (Å²) < 4.78 is 10.6. The smallest absolute Gasteiger partial charge is 0.316 e. The van der Waals surface area contributed by atoms with E-state index in [4.69, 9.17) is 20.8 Å². The summed E-state index contributed by atoms with van der Waals surface area (Å²) in [7, 11) is 0. The van der Waals surface area contributed by atoms with Gasteiger partial charge in [-0.1, -0.05) is 55.3 Å². The van der Waals surface area contributed by atoms with Crippen molar-refractivity contribution in [3.05, 3.63) is 29.3 Å². The van der Waals surface area contributed by atoms with Crippen molar-refractivity contribution in [2.75, 3.05) is 12.4 Å². The summed E-state index contributed by atoms with van der Waals surface area (Å²) >= 11 is 7.23. The van der Waals surface area contributed by atoms with Crippen molar-refractivity contribution in [3.8, 4) is 11.5 Å². The molecular weight excluding hydrogens is 324 g/mol. The van der Waals surface area contributed by atoms with Gasteiger partial charge in [0.15, 0.2) is 0 Å². The first-order valence-electron chi connectivity index (χ1n) is 7.07. The molecule has 2 rings (SSSR count). The normalized spacial score (nSPS) is 10.6. The van der Waals surface area contributed by atoms with E-state index in [1.54, 1.807) is 12.1 Å². The molecule has 7 heteroatoms. The maximum absolute atomic E-state index is 11.6. The Morgan fingerprint density at radius 3 is 2.91 bits per heavy atom. The number of esters is 1. The minimum Gasteiger partial charge on any atom is -0.465 e. The number of hydrogen-bond acceptors (Lipinski definition) is 6. The molecule has 0 fully saturated rings. The zero-order valence-electron chi connectivity index (χ0n) is 12.3. The average Bonchev–Trinajstić information content (AvgIpc) is 2.99. The standard InChI is InChI=1S/C15H17ClN2O3S/c1-2-3-6-9-20-13(19)10-22-15-18-17-14(21-15)11-7-4-5-8-12(11)16/h4-5,7-8H,2-3,6,9-10H2,1H3. The van der Waals surface area contributed by atoms with E-state index in [2.05, 4.69) is 17.1 Å². The first kappa shape index (κ1) is 16.8. The Labute approximate surface area is 138 Å². The van der Waals surface area contributed by atoms with Gasteiger partial charge in [-0.05, 0) is 18.6 Å². The van der Waals surface area contributed by atoms with Crippen LogP contribution in [0.2, 0.25) is 5.02 Å². The fraction of sp³-hybridized carbons (Fsp3) is 0.400. The largest absolute Gasteiger partial charge is 0.465 e. The number of rotatable bonds is 8. The third kappa shape index (κ3) is 5.03. The number of thioether (sulfide) groups is 1. The van der Waals surface area contributed by atoms with Gasteiger partial charge in [0.05, 0.1) is 17.2 Å². The lowest BCUT2D eigenvalue weighted by atomic mass is 10.2. The number of unbranched alkanes of at least 4 members (excludes halogenated alkanes) is 2. The lowest BCUT2D eigenvalue weighted by molar-refractivity contribution is -0.140. The highest BCUT2D eigenvalue weighted by Gasteiger charge is 2.13. The van der Waals surface area contributed by atoms with Gasteiger partial charge in [-0.15, -0.1) is 10.2 Å². The summed E-state index contributed by atoms with van der Waals surface area (Å²) in [4.78, 5) is 11.6. The topological polar surface area (TPSA) is 65.2 Å². The van der Waals surface area contributed by atoms with Crippen molar-refractivity contribution in [2.24, 2.45) is 0 Å². The van der Waals surface area contributed by atoms with Crippen molar-refractivity contribution in [2.45, 2.75) is 31.4 Å². The molecule has 0 spiro atoms. The van der Waals surface area contributed by atoms with Crippen LogP contribution in [0.25, 0.3) is 11.5 Å². The highest BCUT2D eigenvalue weighted by atomic mass is 35.5. The molecule has 118 valence electrons. The molecule has 0 radical (unpaired) electrons. The summed E-state index contributed by atoms with van der Waals surface area (Å²) in [5, 5.41) is 8.69. The fourth-order valence-corrected chi connectivity index (χ4v) is 2.49. The maximum Gasteiger partial charge on any atom is 0.316 e. The van der Waals surface area contributed by atoms with E-state index in [1.807, 2.05) is 12.1 Å². The van der Waals surface area contributed by atoms with Gasteiger partial charge in [-0.25, -0.2) is 0 Å². The van der Waals surface area contributed by atoms with Gasteiger partial charge in [0.2, 0.25) is 5.89 Å². The second-order valence-corrected chi connectivity index (χ2v) is 5.90. The van der Waals surface area contributed by atoms with Gasteiger partial charge < -0.3 is 9.15 Å². The molecule has 0 aliphatic carbocycles. The third-order valence-electron chi connectivity index (χ3n) is 2.84. The first-order valence-corrected chi connectivity index (χ1v) is 8.44. The van der Waals surface area contributed by atoms with Crippen molar-refractivity contribution < 1.29 is 13.9 Å². The Kier molecular flexibility index (Phi) is 6.74. The predicted molar refractivity (Wildman–Crippen MR) is 86.0 cm³/mol. The van der Waals surface area contributed by atoms with E-state index in [0.29, 0.717) is 28.3 Å². The second-order valence-electron chi connectivity index (χ2n) is 4.57. The molecule has 0 aliphatic rings. The van der Waals surface area contributed by atoms with Crippen LogP contribution in [-0.2, 0) is 9.53 Å². The molecule has 0 N–H and O–H groups in total. The van der Waals surface area contributed by atoms with Crippen LogP contribution >= 0.6 is 23.4 Å². The number of halogens is 1. The molecule has 2 aromatic rings. The highest BCUT2D eigenvalue weighted by molar-refractivity contribution is 7.99. The highest BCUT2D eigenvalue weighted by Crippen LogP contribution is 2.28. The average molecular weight is 341 g/mol. The first-order chi connectivity index (χ1) is 10.7. The molecule has 0 aliphatic heterocycles. The van der Waals surface area contributed by atoms with Crippen molar-refractivity contribution in [1.82, 2.24) is 10.2 Å². The molecule has 0 saturated carbocycles. The molecule has 5 nitrogen and oxygen atoms in total. The molecule has 1 aromatic heterocycles. The summed E-state index contributed by atoms with van der Waals surface area (Å²) in [6.45, 7) is 2.56. The third-order valence-corrected chi connectivity index (χ3v) is 3.96. The summed E-state index contributed by atoms with van der Waals surface area (Å²) in [5.41, 5.74) is 0.672. The Morgan fingerprint density at radius 2 is 2.14 bits per heavy atom. The molecular formula is C15H17ClN2O3S. The zero-order chi connectivity index (χ0) is 15.8. The summed E-state index contributed by atoms with van der Waals surface area (Å²) in [5.74, 6) is 0.207. The molecule has 0 amide bonds. The van der Waals surface area contributed by atoms with E-state index < -0.39 is 0 Å². The number of carbonyl (C=O) groups is 1. The van der Waals surface area contributed by atoms with Gasteiger partial charge in [0, 0.05) is 0 Å². The molecule has 0 saturated heterocycles. The van der Waals surface area contributed by atoms with Crippen LogP contribution in [0.15, 0.2) is 33.9 Å². The van der Waals surface area contributed by atoms with E-state index in [9.17, 15) is 4.79 Å². The fourth-order valence-electron chi connectivity index (χ4n) is 1.71. The monoisotopic (exact) mass is 340 g/mol. The van der Waals surface area contributed by atoms with Crippen molar-refractivity contribution >= 4 is 29.3 Å². The lowest BCUT2D eigenvalue weighted by Gasteiger charge is -2.02. The van der Waals surface area contributed by atoms with Gasteiger partial charge >= 0.3 is 5.97 Å². The van der Waals surface area contributed by atoms with E-state index in [0.717, 1.165) is 31.0 Å². The maximum atomic E-state index is 11.6. The summed E-state index contributed by atoms with van der Waals surface area (Å²) in [6, 6.07) is 7.21. The second kappa shape index (κ2) is 8.80. The van der Waals surface area contributed by atoms with Crippen LogP contribution in [0.4, 0.5) is 0 Å². The minimum atomic E-state index is -0.279. The van der Waals surface area contributed by atoms with Gasteiger partial charge in [0.1, 0.15) is 5.75 Å². The number of hydrogen-bond donors (Lipinski definition) is 0. The molecule has 1 aromatic carbocycles. The van der Waals surface area contributed by atoms with Crippen LogP contribution in [0.3, 0.4) is 0 Å². The predicted octanol–water partition coefficient (Wildman–Crippen LogP) is 4.22. The number of carbonyl (C=O) groups excluding carboxylic acids is 1. The number of nitrogens with zero attached hydrogens (tertiary/aromatic N) is 2. The van der Waals surface area contributed by atoms with Crippen LogP contribution in [0.1, 0.15) is 26.2 Å². The van der Waals surface area contributed by atoms with Gasteiger partial charge in [0.25, 0.3) is 5.22 Å². The molecule has 1 heterocycles. The van der Waals surface area contributed by atoms with Crippen LogP contribution in [0.5, 0.6) is 0 Å². The molecule has 0 atom stereocenters. The number of benzene rings is 1. The quantitative estimate of drug-likeness (QED) is 0.407. The Hall–Kier alpha value is -1.53. The number of ether oxygens (including phenoxy) is 1. The Balaban J connectivity index is 1.83. The SMILES string of the molecule is CCCCCOC(=O)CSc1nnc(-c2ccccc2Cl)o1. The van der Waals surface area contributed by atoms with Crippen LogP contribution < -0.4 is 0 Å². The zero-order valence-corrected chi connectivity index (χ0v) is 13.8. The van der Waals surface area contributed by atoms with E-state index >= 15 is 0 Å². The van der Waals surface area contributed by atoms with Crippen LogP contribution in [0, 0.1) is 0 Å². The van der Waals surface area contributed by atoms with Gasteiger partial charge in [-0.2, -0.15) is 0 Å². The van der Waals surface area contributed by atoms with Gasteiger partial charge in [-0.3, -0.25) is 4.79 Å². The Bertz CT molecular complexity index is 618. The van der Waals surface area contributed by atoms with E-state index in [-0.39, 0.29) is 11.7 Å².